The second-order valence-corrected chi connectivity index (χ2v) is 9.09. The molecule has 1 aliphatic rings. The van der Waals surface area contributed by atoms with Gasteiger partial charge in [-0.25, -0.2) is 13.2 Å². The normalized spacial score (nSPS) is 13.4. The summed E-state index contributed by atoms with van der Waals surface area (Å²) in [5, 5.41) is 11.2. The Kier molecular flexibility index (Phi) is 7.34. The molecule has 2 aromatic rings. The molecule has 0 saturated carbocycles. The number of carbonyl (C=O) groups excluding carboxylic acids is 1. The van der Waals surface area contributed by atoms with Gasteiger partial charge in [0.15, 0.2) is 6.79 Å². The Bertz CT molecular complexity index is 1150. The Balaban J connectivity index is 1.86. The zero-order chi connectivity index (χ0) is 23.5. The minimum atomic E-state index is -3.90. The van der Waals surface area contributed by atoms with Crippen molar-refractivity contribution in [2.45, 2.75) is 32.0 Å². The highest BCUT2D eigenvalue weighted by Gasteiger charge is 2.26. The van der Waals surface area contributed by atoms with Crippen LogP contribution in [0.1, 0.15) is 35.3 Å². The van der Waals surface area contributed by atoms with E-state index in [-0.39, 0.29) is 54.3 Å². The summed E-state index contributed by atoms with van der Waals surface area (Å²) in [6, 6.07) is 6.41. The molecule has 172 valence electrons. The van der Waals surface area contributed by atoms with Crippen molar-refractivity contribution >= 4 is 33.3 Å². The van der Waals surface area contributed by atoms with E-state index >= 15 is 0 Å². The van der Waals surface area contributed by atoms with Crippen LogP contribution in [-0.4, -0.2) is 43.5 Å². The molecule has 0 fully saturated rings. The summed E-state index contributed by atoms with van der Waals surface area (Å²) in [4.78, 5) is 23.1. The molecule has 3 rings (SSSR count). The van der Waals surface area contributed by atoms with Crippen LogP contribution in [0.2, 0.25) is 5.02 Å². The Morgan fingerprint density at radius 2 is 1.97 bits per heavy atom. The second-order valence-electron chi connectivity index (χ2n) is 6.77. The maximum absolute atomic E-state index is 12.8. The number of hydrogen-bond donors (Lipinski definition) is 0. The van der Waals surface area contributed by atoms with Crippen LogP contribution in [0.25, 0.3) is 0 Å². The number of fused-ring (bicyclic) bond motifs is 1. The first-order valence-corrected chi connectivity index (χ1v) is 11.5. The molecular formula is C20H21ClN2O8S. The van der Waals surface area contributed by atoms with Crippen molar-refractivity contribution in [3.8, 4) is 5.75 Å². The summed E-state index contributed by atoms with van der Waals surface area (Å²) in [7, 11) is -3.90. The molecule has 0 spiro atoms. The van der Waals surface area contributed by atoms with Crippen LogP contribution in [0.4, 0.5) is 5.69 Å². The van der Waals surface area contributed by atoms with E-state index in [2.05, 4.69) is 0 Å². The third-order valence-electron chi connectivity index (χ3n) is 4.83. The number of ether oxygens (including phenoxy) is 3. The number of esters is 1. The number of non-ortho nitro benzene ring substituents is 1. The number of hydrogen-bond acceptors (Lipinski definition) is 8. The first-order chi connectivity index (χ1) is 15.2. The van der Waals surface area contributed by atoms with Gasteiger partial charge in [0.2, 0.25) is 10.0 Å². The van der Waals surface area contributed by atoms with Crippen LogP contribution in [0, 0.1) is 10.1 Å². The van der Waals surface area contributed by atoms with Gasteiger partial charge in [0.05, 0.1) is 22.1 Å². The van der Waals surface area contributed by atoms with Crippen molar-refractivity contribution in [1.82, 2.24) is 4.31 Å². The molecule has 0 aliphatic carbocycles. The largest absolute Gasteiger partial charge is 0.467 e. The van der Waals surface area contributed by atoms with Crippen LogP contribution >= 0.6 is 11.6 Å². The molecule has 1 aliphatic heterocycles. The number of benzene rings is 2. The van der Waals surface area contributed by atoms with Crippen LogP contribution in [0.5, 0.6) is 5.75 Å². The smallest absolute Gasteiger partial charge is 0.338 e. The average Bonchev–Trinajstić information content (AvgIpc) is 2.77. The van der Waals surface area contributed by atoms with Gasteiger partial charge in [0, 0.05) is 36.3 Å². The number of carbonyl (C=O) groups is 1. The Morgan fingerprint density at radius 3 is 2.62 bits per heavy atom. The van der Waals surface area contributed by atoms with Crippen molar-refractivity contribution in [3.05, 3.63) is 62.2 Å². The van der Waals surface area contributed by atoms with E-state index in [1.165, 1.54) is 28.6 Å². The van der Waals surface area contributed by atoms with Gasteiger partial charge in [0.1, 0.15) is 17.3 Å². The van der Waals surface area contributed by atoms with Gasteiger partial charge >= 0.3 is 5.97 Å². The van der Waals surface area contributed by atoms with E-state index in [4.69, 9.17) is 25.8 Å². The second kappa shape index (κ2) is 9.82. The number of sulfonamides is 1. The quantitative estimate of drug-likeness (QED) is 0.316. The lowest BCUT2D eigenvalue weighted by Crippen LogP contribution is -2.31. The summed E-state index contributed by atoms with van der Waals surface area (Å²) in [5.41, 5.74) is 0.554. The van der Waals surface area contributed by atoms with Gasteiger partial charge in [-0.1, -0.05) is 25.4 Å². The highest BCUT2D eigenvalue weighted by Crippen LogP contribution is 2.33. The fraction of sp³-hybridized carbons (Fsp3) is 0.350. The highest BCUT2D eigenvalue weighted by atomic mass is 35.5. The van der Waals surface area contributed by atoms with Crippen LogP contribution in [0.3, 0.4) is 0 Å². The van der Waals surface area contributed by atoms with E-state index < -0.39 is 20.9 Å². The monoisotopic (exact) mass is 484 g/mol. The molecule has 0 N–H and O–H groups in total. The van der Waals surface area contributed by atoms with Gasteiger partial charge in [0.25, 0.3) is 5.69 Å². The summed E-state index contributed by atoms with van der Waals surface area (Å²) in [6.45, 7) is 3.65. The minimum absolute atomic E-state index is 0.0189. The lowest BCUT2D eigenvalue weighted by molar-refractivity contribution is -0.385. The van der Waals surface area contributed by atoms with E-state index in [9.17, 15) is 23.3 Å². The fourth-order valence-electron chi connectivity index (χ4n) is 3.25. The maximum Gasteiger partial charge on any atom is 0.338 e. The number of nitro groups is 1. The van der Waals surface area contributed by atoms with Crippen molar-refractivity contribution in [2.75, 3.05) is 19.9 Å². The van der Waals surface area contributed by atoms with Crippen molar-refractivity contribution in [2.24, 2.45) is 0 Å². The predicted molar refractivity (Wildman–Crippen MR) is 114 cm³/mol. The molecule has 10 nitrogen and oxygen atoms in total. The number of halogens is 1. The molecule has 0 radical (unpaired) electrons. The number of rotatable bonds is 8. The van der Waals surface area contributed by atoms with E-state index in [1.54, 1.807) is 13.8 Å². The van der Waals surface area contributed by atoms with E-state index in [0.717, 1.165) is 6.07 Å². The lowest BCUT2D eigenvalue weighted by Gasteiger charge is -2.20. The minimum Gasteiger partial charge on any atom is -0.467 e. The Morgan fingerprint density at radius 1 is 1.25 bits per heavy atom. The van der Waals surface area contributed by atoms with Crippen molar-refractivity contribution in [3.63, 3.8) is 0 Å². The summed E-state index contributed by atoms with van der Waals surface area (Å²) < 4.78 is 42.7. The molecular weight excluding hydrogens is 464 g/mol. The number of nitrogens with zero attached hydrogens (tertiary/aromatic N) is 2. The van der Waals surface area contributed by atoms with E-state index in [1.807, 2.05) is 0 Å². The molecule has 1 heterocycles. The SMILES string of the molecule is CCN(CC)S(=O)(=O)c1cc(C(=O)OCc2cc([N+](=O)[O-])cc3c2OCOC3)ccc1Cl. The van der Waals surface area contributed by atoms with Crippen molar-refractivity contribution < 1.29 is 32.3 Å². The maximum atomic E-state index is 12.8. The standard InChI is InChI=1S/C20H21ClN2O8S/c1-3-22(4-2)32(27,28)18-9-13(5-6-17(18)21)20(24)30-11-15-8-16(23(25)26)7-14-10-29-12-31-19(14)15/h5-9H,3-4,10-12H2,1-2H3. The van der Waals surface area contributed by atoms with Gasteiger partial charge in [-0.3, -0.25) is 10.1 Å². The topological polar surface area (TPSA) is 125 Å². The molecule has 0 saturated heterocycles. The summed E-state index contributed by atoms with van der Waals surface area (Å²) in [5.74, 6) is -0.458. The van der Waals surface area contributed by atoms with Gasteiger partial charge in [-0.15, -0.1) is 0 Å². The summed E-state index contributed by atoms with van der Waals surface area (Å²) in [6.07, 6.45) is 0. The zero-order valence-corrected chi connectivity index (χ0v) is 18.9. The molecule has 0 bridgehead atoms. The average molecular weight is 485 g/mol. The third kappa shape index (κ3) is 4.85. The van der Waals surface area contributed by atoms with Crippen LogP contribution in [0.15, 0.2) is 35.2 Å². The van der Waals surface area contributed by atoms with Crippen molar-refractivity contribution in [1.29, 1.82) is 0 Å². The Labute approximate surface area is 189 Å². The van der Waals surface area contributed by atoms with Gasteiger partial charge < -0.3 is 14.2 Å². The first-order valence-electron chi connectivity index (χ1n) is 9.66. The molecule has 2 aromatic carbocycles. The number of nitro benzene ring substituents is 1. The molecule has 0 unspecified atom stereocenters. The predicted octanol–water partition coefficient (Wildman–Crippen LogP) is 3.50. The lowest BCUT2D eigenvalue weighted by atomic mass is 10.1. The van der Waals surface area contributed by atoms with Gasteiger partial charge in [-0.05, 0) is 18.2 Å². The molecule has 0 amide bonds. The molecule has 0 atom stereocenters. The third-order valence-corrected chi connectivity index (χ3v) is 7.36. The molecule has 0 aromatic heterocycles. The fourth-order valence-corrected chi connectivity index (χ4v) is 5.21. The summed E-state index contributed by atoms with van der Waals surface area (Å²) >= 11 is 6.09. The molecule has 32 heavy (non-hydrogen) atoms. The van der Waals surface area contributed by atoms with Crippen LogP contribution in [-0.2, 0) is 32.7 Å². The zero-order valence-electron chi connectivity index (χ0n) is 17.4. The van der Waals surface area contributed by atoms with E-state index in [0.29, 0.717) is 16.9 Å². The van der Waals surface area contributed by atoms with Crippen LogP contribution < -0.4 is 4.74 Å². The Hall–Kier alpha value is -2.73. The first kappa shape index (κ1) is 23.9. The highest BCUT2D eigenvalue weighted by molar-refractivity contribution is 7.89. The molecule has 12 heteroatoms. The van der Waals surface area contributed by atoms with Gasteiger partial charge in [-0.2, -0.15) is 4.31 Å².